The normalized spacial score (nSPS) is 13.5. The number of fused-ring (bicyclic) bond motifs is 1. The summed E-state index contributed by atoms with van der Waals surface area (Å²) >= 11 is 0. The fourth-order valence-electron chi connectivity index (χ4n) is 3.03. The number of rotatable bonds is 2. The third-order valence-corrected chi connectivity index (χ3v) is 4.27. The van der Waals surface area contributed by atoms with Gasteiger partial charge in [0.05, 0.1) is 11.3 Å². The van der Waals surface area contributed by atoms with Gasteiger partial charge in [0, 0.05) is 41.7 Å². The molecule has 5 heteroatoms. The lowest BCUT2D eigenvalue weighted by atomic mass is 10.0. The smallest absolute Gasteiger partial charge is 0.253 e. The summed E-state index contributed by atoms with van der Waals surface area (Å²) in [6.45, 7) is 2.56. The second-order valence-electron chi connectivity index (χ2n) is 5.99. The fourth-order valence-corrected chi connectivity index (χ4v) is 3.03. The Hall–Kier alpha value is -2.95. The SMILES string of the molecule is Cc1ccc(F)c(-c2cc(-c3cc4c([nH]3)CCNC4=O)ccn2)c1. The Morgan fingerprint density at radius 3 is 2.83 bits per heavy atom. The van der Waals surface area contributed by atoms with Gasteiger partial charge < -0.3 is 10.3 Å². The summed E-state index contributed by atoms with van der Waals surface area (Å²) in [5.41, 5.74) is 5.37. The van der Waals surface area contributed by atoms with Crippen LogP contribution in [0.25, 0.3) is 22.5 Å². The number of hydrogen-bond acceptors (Lipinski definition) is 2. The van der Waals surface area contributed by atoms with Gasteiger partial charge in [0.2, 0.25) is 0 Å². The number of benzene rings is 1. The highest BCUT2D eigenvalue weighted by molar-refractivity contribution is 5.97. The van der Waals surface area contributed by atoms with Crippen LogP contribution in [0.2, 0.25) is 0 Å². The zero-order chi connectivity index (χ0) is 16.7. The van der Waals surface area contributed by atoms with E-state index in [-0.39, 0.29) is 11.7 Å². The van der Waals surface area contributed by atoms with Gasteiger partial charge in [-0.05, 0) is 37.3 Å². The van der Waals surface area contributed by atoms with Crippen molar-refractivity contribution in [2.75, 3.05) is 6.54 Å². The summed E-state index contributed by atoms with van der Waals surface area (Å²) in [5, 5.41) is 2.83. The number of nitrogens with one attached hydrogen (secondary N) is 2. The number of pyridine rings is 1. The zero-order valence-corrected chi connectivity index (χ0v) is 13.2. The van der Waals surface area contributed by atoms with Gasteiger partial charge >= 0.3 is 0 Å². The molecule has 0 fully saturated rings. The average Bonchev–Trinajstić information content (AvgIpc) is 3.03. The van der Waals surface area contributed by atoms with Crippen molar-refractivity contribution < 1.29 is 9.18 Å². The molecule has 120 valence electrons. The van der Waals surface area contributed by atoms with Crippen LogP contribution in [0.15, 0.2) is 42.6 Å². The molecule has 4 nitrogen and oxygen atoms in total. The third-order valence-electron chi connectivity index (χ3n) is 4.27. The molecule has 0 bridgehead atoms. The molecular weight excluding hydrogens is 305 g/mol. The van der Waals surface area contributed by atoms with Gasteiger partial charge in [0.15, 0.2) is 0 Å². The van der Waals surface area contributed by atoms with Crippen LogP contribution in [-0.4, -0.2) is 22.4 Å². The van der Waals surface area contributed by atoms with E-state index < -0.39 is 0 Å². The molecule has 0 aliphatic carbocycles. The largest absolute Gasteiger partial charge is 0.358 e. The number of hydrogen-bond donors (Lipinski definition) is 2. The minimum Gasteiger partial charge on any atom is -0.358 e. The fraction of sp³-hybridized carbons (Fsp3) is 0.158. The Morgan fingerprint density at radius 1 is 1.12 bits per heavy atom. The van der Waals surface area contributed by atoms with Gasteiger partial charge in [-0.1, -0.05) is 11.6 Å². The van der Waals surface area contributed by atoms with Crippen molar-refractivity contribution in [3.05, 3.63) is 65.2 Å². The lowest BCUT2D eigenvalue weighted by Crippen LogP contribution is -2.31. The van der Waals surface area contributed by atoms with Crippen LogP contribution in [0, 0.1) is 12.7 Å². The molecule has 0 saturated heterocycles. The van der Waals surface area contributed by atoms with E-state index in [9.17, 15) is 9.18 Å². The maximum absolute atomic E-state index is 14.1. The molecule has 0 saturated carbocycles. The van der Waals surface area contributed by atoms with Crippen LogP contribution >= 0.6 is 0 Å². The van der Waals surface area contributed by atoms with Crippen LogP contribution in [0.3, 0.4) is 0 Å². The minimum atomic E-state index is -0.296. The Bertz CT molecular complexity index is 946. The first-order valence-corrected chi connectivity index (χ1v) is 7.85. The summed E-state index contributed by atoms with van der Waals surface area (Å²) in [4.78, 5) is 19.5. The summed E-state index contributed by atoms with van der Waals surface area (Å²) in [7, 11) is 0. The van der Waals surface area contributed by atoms with Crippen molar-refractivity contribution in [2.45, 2.75) is 13.3 Å². The van der Waals surface area contributed by atoms with Crippen LogP contribution < -0.4 is 5.32 Å². The molecule has 1 amide bonds. The van der Waals surface area contributed by atoms with E-state index in [0.29, 0.717) is 23.4 Å². The Balaban J connectivity index is 1.78. The van der Waals surface area contributed by atoms with Crippen molar-refractivity contribution in [1.82, 2.24) is 15.3 Å². The van der Waals surface area contributed by atoms with Crippen molar-refractivity contribution >= 4 is 5.91 Å². The molecule has 1 aliphatic heterocycles. The molecular formula is C19H16FN3O. The van der Waals surface area contributed by atoms with Crippen molar-refractivity contribution in [1.29, 1.82) is 0 Å². The third kappa shape index (κ3) is 2.48. The molecule has 0 radical (unpaired) electrons. The first kappa shape index (κ1) is 14.6. The van der Waals surface area contributed by atoms with Crippen molar-refractivity contribution in [3.8, 4) is 22.5 Å². The lowest BCUT2D eigenvalue weighted by Gasteiger charge is -2.11. The maximum atomic E-state index is 14.1. The Labute approximate surface area is 138 Å². The van der Waals surface area contributed by atoms with Gasteiger partial charge in [0.1, 0.15) is 5.82 Å². The number of aromatic amines is 1. The van der Waals surface area contributed by atoms with Gasteiger partial charge in [-0.2, -0.15) is 0 Å². The Kier molecular flexibility index (Phi) is 3.41. The standard InChI is InChI=1S/C19H16FN3O/c1-11-2-3-15(20)13(8-11)18-9-12(4-6-21-18)17-10-14-16(23-17)5-7-22-19(14)24/h2-4,6,8-10,23H,5,7H2,1H3,(H,22,24). The molecule has 2 N–H and O–H groups in total. The predicted molar refractivity (Wildman–Crippen MR) is 90.2 cm³/mol. The Morgan fingerprint density at radius 2 is 2.00 bits per heavy atom. The topological polar surface area (TPSA) is 57.8 Å². The molecule has 24 heavy (non-hydrogen) atoms. The molecule has 3 aromatic rings. The summed E-state index contributed by atoms with van der Waals surface area (Å²) < 4.78 is 14.1. The quantitative estimate of drug-likeness (QED) is 0.759. The van der Waals surface area contributed by atoms with Crippen molar-refractivity contribution in [2.24, 2.45) is 0 Å². The average molecular weight is 321 g/mol. The number of carbonyl (C=O) groups excluding carboxylic acids is 1. The van der Waals surface area contributed by atoms with E-state index >= 15 is 0 Å². The number of nitrogens with zero attached hydrogens (tertiary/aromatic N) is 1. The van der Waals surface area contributed by atoms with Gasteiger partial charge in [-0.25, -0.2) is 4.39 Å². The number of aryl methyl sites for hydroxylation is 1. The minimum absolute atomic E-state index is 0.0576. The number of halogens is 1. The second-order valence-corrected chi connectivity index (χ2v) is 5.99. The number of H-pyrrole nitrogens is 1. The number of carbonyl (C=O) groups is 1. The van der Waals surface area contributed by atoms with Crippen LogP contribution in [-0.2, 0) is 6.42 Å². The van der Waals surface area contributed by atoms with E-state index in [1.54, 1.807) is 18.3 Å². The first-order chi connectivity index (χ1) is 11.6. The summed E-state index contributed by atoms with van der Waals surface area (Å²) in [6, 6.07) is 10.5. The second kappa shape index (κ2) is 5.60. The van der Waals surface area contributed by atoms with Gasteiger partial charge in [-0.3, -0.25) is 9.78 Å². The maximum Gasteiger partial charge on any atom is 0.253 e. The monoisotopic (exact) mass is 321 g/mol. The molecule has 1 aromatic carbocycles. The molecule has 0 atom stereocenters. The number of amides is 1. The van der Waals surface area contributed by atoms with Crippen LogP contribution in [0.1, 0.15) is 21.6 Å². The van der Waals surface area contributed by atoms with Gasteiger partial charge in [-0.15, -0.1) is 0 Å². The highest BCUT2D eigenvalue weighted by Crippen LogP contribution is 2.28. The molecule has 3 heterocycles. The molecule has 2 aromatic heterocycles. The highest BCUT2D eigenvalue weighted by Gasteiger charge is 2.20. The summed E-state index contributed by atoms with van der Waals surface area (Å²) in [5.74, 6) is -0.354. The lowest BCUT2D eigenvalue weighted by molar-refractivity contribution is 0.0946. The van der Waals surface area contributed by atoms with E-state index in [2.05, 4.69) is 15.3 Å². The van der Waals surface area contributed by atoms with Crippen molar-refractivity contribution in [3.63, 3.8) is 0 Å². The molecule has 0 unspecified atom stereocenters. The summed E-state index contributed by atoms with van der Waals surface area (Å²) in [6.07, 6.45) is 2.44. The van der Waals surface area contributed by atoms with E-state index in [1.807, 2.05) is 25.1 Å². The number of aromatic nitrogens is 2. The van der Waals surface area contributed by atoms with E-state index in [4.69, 9.17) is 0 Å². The molecule has 4 rings (SSSR count). The van der Waals surface area contributed by atoms with E-state index in [1.165, 1.54) is 6.07 Å². The zero-order valence-electron chi connectivity index (χ0n) is 13.2. The molecule has 1 aliphatic rings. The van der Waals surface area contributed by atoms with Gasteiger partial charge in [0.25, 0.3) is 5.91 Å². The highest BCUT2D eigenvalue weighted by atomic mass is 19.1. The first-order valence-electron chi connectivity index (χ1n) is 7.85. The van der Waals surface area contributed by atoms with E-state index in [0.717, 1.165) is 28.9 Å². The van der Waals surface area contributed by atoms with Crippen LogP contribution in [0.5, 0.6) is 0 Å². The molecule has 0 spiro atoms. The predicted octanol–water partition coefficient (Wildman–Crippen LogP) is 3.48. The van der Waals surface area contributed by atoms with Crippen LogP contribution in [0.4, 0.5) is 4.39 Å².